The molecule has 42 heavy (non-hydrogen) atoms. The molecule has 8 heteroatoms. The van der Waals surface area contributed by atoms with E-state index in [1.807, 2.05) is 62.4 Å². The zero-order valence-corrected chi connectivity index (χ0v) is 24.4. The average Bonchev–Trinajstić information content (AvgIpc) is 3.63. The van der Waals surface area contributed by atoms with Gasteiger partial charge >= 0.3 is 5.97 Å². The van der Waals surface area contributed by atoms with Gasteiger partial charge in [0.1, 0.15) is 11.6 Å². The molecule has 2 aromatic carbocycles. The second-order valence-electron chi connectivity index (χ2n) is 11.6. The van der Waals surface area contributed by atoms with Crippen molar-refractivity contribution < 1.29 is 29.0 Å². The van der Waals surface area contributed by atoms with Crippen LogP contribution in [-0.4, -0.2) is 71.3 Å². The van der Waals surface area contributed by atoms with Crippen LogP contribution in [0.3, 0.4) is 0 Å². The average molecular weight is 573 g/mol. The molecule has 2 bridgehead atoms. The molecule has 1 spiro atoms. The molecule has 3 saturated heterocycles. The van der Waals surface area contributed by atoms with E-state index in [-0.39, 0.29) is 31.6 Å². The fourth-order valence-corrected chi connectivity index (χ4v) is 7.31. The number of carbonyl (C=O) groups excluding carboxylic acids is 3. The molecular formula is C34H40N2O6. The van der Waals surface area contributed by atoms with Gasteiger partial charge in [0.05, 0.1) is 37.2 Å². The number of aliphatic hydroxyl groups excluding tert-OH is 1. The number of nitrogens with zero attached hydrogens (tertiary/aromatic N) is 2. The molecule has 3 aliphatic rings. The third kappa shape index (κ3) is 4.96. The van der Waals surface area contributed by atoms with Gasteiger partial charge in [-0.2, -0.15) is 0 Å². The number of esters is 1. The zero-order valence-electron chi connectivity index (χ0n) is 24.4. The number of rotatable bonds is 12. The van der Waals surface area contributed by atoms with Crippen LogP contribution < -0.4 is 4.90 Å². The Morgan fingerprint density at radius 1 is 1.14 bits per heavy atom. The Balaban J connectivity index is 1.60. The second kappa shape index (κ2) is 12.2. The maximum atomic E-state index is 14.9. The van der Waals surface area contributed by atoms with Crippen molar-refractivity contribution >= 4 is 23.5 Å². The molecule has 0 aromatic heterocycles. The molecule has 5 rings (SSSR count). The Labute approximate surface area is 247 Å². The minimum absolute atomic E-state index is 0.165. The number of anilines is 1. The summed E-state index contributed by atoms with van der Waals surface area (Å²) in [5.74, 6) is -2.85. The Hall–Kier alpha value is -3.75. The van der Waals surface area contributed by atoms with Crippen molar-refractivity contribution in [1.29, 1.82) is 0 Å². The van der Waals surface area contributed by atoms with Gasteiger partial charge in [-0.05, 0) is 56.2 Å². The van der Waals surface area contributed by atoms with Gasteiger partial charge in [0.25, 0.3) is 5.91 Å². The SMILES string of the molecule is C=CCCOC(=O)[C@@H]1[C@@H]2CCC3(O2)C(C(=O)N(CC=C)c2c(C)cccc2C)N([C@@H](CO)Cc2ccccc2)C(=O)[C@H]13. The lowest BCUT2D eigenvalue weighted by molar-refractivity contribution is -0.155. The summed E-state index contributed by atoms with van der Waals surface area (Å²) in [5, 5.41) is 10.7. The number of carbonyl (C=O) groups is 3. The molecule has 1 N–H and O–H groups in total. The predicted molar refractivity (Wildman–Crippen MR) is 160 cm³/mol. The van der Waals surface area contributed by atoms with E-state index in [9.17, 15) is 19.5 Å². The van der Waals surface area contributed by atoms with Crippen molar-refractivity contribution in [3.63, 3.8) is 0 Å². The highest BCUT2D eigenvalue weighted by molar-refractivity contribution is 6.05. The van der Waals surface area contributed by atoms with Crippen LogP contribution in [0.5, 0.6) is 0 Å². The van der Waals surface area contributed by atoms with Crippen molar-refractivity contribution in [2.75, 3.05) is 24.7 Å². The third-order valence-corrected chi connectivity index (χ3v) is 9.02. The van der Waals surface area contributed by atoms with E-state index >= 15 is 0 Å². The number of aliphatic hydroxyl groups is 1. The molecule has 2 amide bonds. The summed E-state index contributed by atoms with van der Waals surface area (Å²) in [6, 6.07) is 13.7. The van der Waals surface area contributed by atoms with Gasteiger partial charge in [0.2, 0.25) is 5.91 Å². The first-order chi connectivity index (χ1) is 20.3. The summed E-state index contributed by atoms with van der Waals surface area (Å²) in [5.41, 5.74) is 2.30. The minimum Gasteiger partial charge on any atom is -0.465 e. The molecule has 3 aliphatic heterocycles. The van der Waals surface area contributed by atoms with Crippen molar-refractivity contribution in [2.24, 2.45) is 11.8 Å². The molecule has 222 valence electrons. The topological polar surface area (TPSA) is 96.4 Å². The summed E-state index contributed by atoms with van der Waals surface area (Å²) in [6.45, 7) is 11.5. The van der Waals surface area contributed by atoms with Gasteiger partial charge < -0.3 is 24.4 Å². The van der Waals surface area contributed by atoms with E-state index in [1.165, 1.54) is 4.90 Å². The fraction of sp³-hybridized carbons (Fsp3) is 0.441. The van der Waals surface area contributed by atoms with E-state index < -0.39 is 41.6 Å². The number of benzene rings is 2. The number of ether oxygens (including phenoxy) is 2. The largest absolute Gasteiger partial charge is 0.465 e. The molecule has 0 aliphatic carbocycles. The second-order valence-corrected chi connectivity index (χ2v) is 11.6. The molecule has 3 fully saturated rings. The van der Waals surface area contributed by atoms with Gasteiger partial charge in [-0.15, -0.1) is 13.2 Å². The summed E-state index contributed by atoms with van der Waals surface area (Å²) >= 11 is 0. The van der Waals surface area contributed by atoms with Crippen LogP contribution in [-0.2, 0) is 30.3 Å². The summed E-state index contributed by atoms with van der Waals surface area (Å²) < 4.78 is 12.1. The van der Waals surface area contributed by atoms with Crippen LogP contribution in [0.15, 0.2) is 73.8 Å². The van der Waals surface area contributed by atoms with Gasteiger partial charge in [-0.3, -0.25) is 14.4 Å². The summed E-state index contributed by atoms with van der Waals surface area (Å²) in [4.78, 5) is 46.0. The van der Waals surface area contributed by atoms with Crippen LogP contribution in [0.2, 0.25) is 0 Å². The summed E-state index contributed by atoms with van der Waals surface area (Å²) in [6.07, 6.45) is 4.66. The molecule has 6 atom stereocenters. The van der Waals surface area contributed by atoms with Crippen LogP contribution in [0.4, 0.5) is 5.69 Å². The van der Waals surface area contributed by atoms with E-state index in [1.54, 1.807) is 17.1 Å². The molecule has 0 radical (unpaired) electrons. The Bertz CT molecular complexity index is 1340. The van der Waals surface area contributed by atoms with Gasteiger partial charge in [0.15, 0.2) is 0 Å². The van der Waals surface area contributed by atoms with E-state index in [0.717, 1.165) is 22.4 Å². The van der Waals surface area contributed by atoms with Crippen LogP contribution in [0, 0.1) is 25.7 Å². The molecule has 8 nitrogen and oxygen atoms in total. The fourth-order valence-electron chi connectivity index (χ4n) is 7.31. The van der Waals surface area contributed by atoms with E-state index in [0.29, 0.717) is 25.7 Å². The minimum atomic E-state index is -1.21. The van der Waals surface area contributed by atoms with Crippen LogP contribution in [0.25, 0.3) is 0 Å². The maximum Gasteiger partial charge on any atom is 0.312 e. The number of fused-ring (bicyclic) bond motifs is 1. The van der Waals surface area contributed by atoms with E-state index in [4.69, 9.17) is 9.47 Å². The van der Waals surface area contributed by atoms with Crippen molar-refractivity contribution in [3.05, 3.63) is 90.5 Å². The van der Waals surface area contributed by atoms with Crippen molar-refractivity contribution in [2.45, 2.75) is 63.3 Å². The third-order valence-electron chi connectivity index (χ3n) is 9.02. The van der Waals surface area contributed by atoms with Crippen molar-refractivity contribution in [3.8, 4) is 0 Å². The lowest BCUT2D eigenvalue weighted by atomic mass is 9.70. The number of likely N-dealkylation sites (tertiary alicyclic amines) is 1. The molecule has 2 unspecified atom stereocenters. The van der Waals surface area contributed by atoms with Gasteiger partial charge in [0, 0.05) is 12.2 Å². The van der Waals surface area contributed by atoms with Crippen LogP contribution >= 0.6 is 0 Å². The standard InChI is InChI=1S/C34H40N2O6/c1-5-7-19-41-33(40)27-26-16-17-34(42-26)28(27)31(38)36(25(21-37)20-24-14-9-8-10-15-24)30(34)32(39)35(18-6-2)29-22(3)12-11-13-23(29)4/h5-6,8-15,25-28,30,37H,1-2,7,16-21H2,3-4H3/t25-,26+,27-,28+,30?,34?/m1/s1. The lowest BCUT2D eigenvalue weighted by Gasteiger charge is -2.40. The zero-order chi connectivity index (χ0) is 30.0. The maximum absolute atomic E-state index is 14.9. The van der Waals surface area contributed by atoms with Crippen molar-refractivity contribution in [1.82, 2.24) is 4.90 Å². The normalized spacial score (nSPS) is 26.5. The quantitative estimate of drug-likeness (QED) is 0.235. The van der Waals surface area contributed by atoms with Gasteiger partial charge in [-0.1, -0.05) is 60.7 Å². The molecular weight excluding hydrogens is 532 g/mol. The number of hydrogen-bond donors (Lipinski definition) is 1. The lowest BCUT2D eigenvalue weighted by Crippen LogP contribution is -2.59. The Kier molecular flexibility index (Phi) is 8.66. The first-order valence-corrected chi connectivity index (χ1v) is 14.7. The smallest absolute Gasteiger partial charge is 0.312 e. The Morgan fingerprint density at radius 2 is 1.86 bits per heavy atom. The number of aryl methyl sites for hydroxylation is 2. The first-order valence-electron chi connectivity index (χ1n) is 14.7. The monoisotopic (exact) mass is 572 g/mol. The number of hydrogen-bond acceptors (Lipinski definition) is 6. The van der Waals surface area contributed by atoms with Crippen LogP contribution in [0.1, 0.15) is 36.0 Å². The van der Waals surface area contributed by atoms with Gasteiger partial charge in [-0.25, -0.2) is 0 Å². The number of amides is 2. The first kappa shape index (κ1) is 29.7. The highest BCUT2D eigenvalue weighted by Gasteiger charge is 2.75. The molecule has 0 saturated carbocycles. The molecule has 3 heterocycles. The highest BCUT2D eigenvalue weighted by atomic mass is 16.6. The molecule has 2 aromatic rings. The van der Waals surface area contributed by atoms with E-state index in [2.05, 4.69) is 13.2 Å². The Morgan fingerprint density at radius 3 is 2.50 bits per heavy atom. The number of para-hydroxylation sites is 1. The predicted octanol–water partition coefficient (Wildman–Crippen LogP) is 3.92. The highest BCUT2D eigenvalue weighted by Crippen LogP contribution is 2.59. The summed E-state index contributed by atoms with van der Waals surface area (Å²) in [7, 11) is 0.